The number of sulfonamides is 1. The Kier molecular flexibility index (Phi) is 4.44. The van der Waals surface area contributed by atoms with E-state index in [0.29, 0.717) is 11.6 Å². The summed E-state index contributed by atoms with van der Waals surface area (Å²) in [5.41, 5.74) is 7.74. The van der Waals surface area contributed by atoms with E-state index >= 15 is 0 Å². The van der Waals surface area contributed by atoms with Gasteiger partial charge in [-0.1, -0.05) is 0 Å². The predicted molar refractivity (Wildman–Crippen MR) is 80.4 cm³/mol. The number of aryl methyl sites for hydroxylation is 1. The van der Waals surface area contributed by atoms with Crippen LogP contribution in [-0.2, 0) is 16.6 Å². The molecule has 0 amide bonds. The van der Waals surface area contributed by atoms with Crippen LogP contribution in [-0.4, -0.2) is 20.5 Å². The van der Waals surface area contributed by atoms with Gasteiger partial charge in [-0.05, 0) is 42.3 Å². The standard InChI is InChI=1S/C14H17N3O3S/c1-10-7-12(3-4-13(10)15)21(18,19)17-9-11-5-6-16-14(8-11)20-2/h3-8,17H,9,15H2,1-2H3. The predicted octanol–water partition coefficient (Wildman–Crippen LogP) is 1.46. The molecule has 0 saturated heterocycles. The monoisotopic (exact) mass is 307 g/mol. The smallest absolute Gasteiger partial charge is 0.240 e. The molecule has 0 spiro atoms. The Labute approximate surface area is 124 Å². The topological polar surface area (TPSA) is 94.3 Å². The van der Waals surface area contributed by atoms with Gasteiger partial charge in [-0.2, -0.15) is 0 Å². The number of hydrogen-bond acceptors (Lipinski definition) is 5. The van der Waals surface area contributed by atoms with E-state index in [9.17, 15) is 8.42 Å². The van der Waals surface area contributed by atoms with E-state index in [1.54, 1.807) is 37.4 Å². The molecule has 0 fully saturated rings. The van der Waals surface area contributed by atoms with E-state index in [2.05, 4.69) is 9.71 Å². The van der Waals surface area contributed by atoms with Crippen molar-refractivity contribution in [1.82, 2.24) is 9.71 Å². The lowest BCUT2D eigenvalue weighted by Gasteiger charge is -2.09. The molecule has 1 aromatic carbocycles. The zero-order chi connectivity index (χ0) is 15.5. The molecule has 3 N–H and O–H groups in total. The molecule has 0 atom stereocenters. The molecule has 0 bridgehead atoms. The van der Waals surface area contributed by atoms with Gasteiger partial charge in [0, 0.05) is 24.5 Å². The van der Waals surface area contributed by atoms with Crippen LogP contribution in [0.4, 0.5) is 5.69 Å². The van der Waals surface area contributed by atoms with Crippen LogP contribution in [0.3, 0.4) is 0 Å². The second-order valence-corrected chi connectivity index (χ2v) is 6.32. The summed E-state index contributed by atoms with van der Waals surface area (Å²) in [7, 11) is -2.08. The summed E-state index contributed by atoms with van der Waals surface area (Å²) in [6, 6.07) is 8.01. The maximum Gasteiger partial charge on any atom is 0.240 e. The fourth-order valence-corrected chi connectivity index (χ4v) is 2.85. The molecule has 112 valence electrons. The number of pyridine rings is 1. The average molecular weight is 307 g/mol. The Balaban J connectivity index is 2.15. The summed E-state index contributed by atoms with van der Waals surface area (Å²) in [5.74, 6) is 0.440. The minimum absolute atomic E-state index is 0.157. The van der Waals surface area contributed by atoms with Crippen LogP contribution in [0.5, 0.6) is 5.88 Å². The number of benzene rings is 1. The van der Waals surface area contributed by atoms with Gasteiger partial charge in [-0.15, -0.1) is 0 Å². The van der Waals surface area contributed by atoms with Gasteiger partial charge in [0.1, 0.15) is 0 Å². The fraction of sp³-hybridized carbons (Fsp3) is 0.214. The van der Waals surface area contributed by atoms with Crippen molar-refractivity contribution in [3.05, 3.63) is 47.7 Å². The second-order valence-electron chi connectivity index (χ2n) is 4.55. The molecule has 0 radical (unpaired) electrons. The molecule has 6 nitrogen and oxygen atoms in total. The molecule has 0 unspecified atom stereocenters. The van der Waals surface area contributed by atoms with Crippen molar-refractivity contribution in [2.45, 2.75) is 18.4 Å². The van der Waals surface area contributed by atoms with Gasteiger partial charge in [0.25, 0.3) is 0 Å². The average Bonchev–Trinajstić information content (AvgIpc) is 2.48. The summed E-state index contributed by atoms with van der Waals surface area (Å²) in [4.78, 5) is 4.16. The van der Waals surface area contributed by atoms with Crippen molar-refractivity contribution in [1.29, 1.82) is 0 Å². The number of anilines is 1. The van der Waals surface area contributed by atoms with Gasteiger partial charge in [0.2, 0.25) is 15.9 Å². The Morgan fingerprint density at radius 1 is 1.29 bits per heavy atom. The zero-order valence-electron chi connectivity index (χ0n) is 11.8. The SMILES string of the molecule is COc1cc(CNS(=O)(=O)c2ccc(N)c(C)c2)ccn1. The molecule has 2 rings (SSSR count). The first-order chi connectivity index (χ1) is 9.92. The minimum atomic E-state index is -3.58. The lowest BCUT2D eigenvalue weighted by atomic mass is 10.2. The number of aromatic nitrogens is 1. The Morgan fingerprint density at radius 2 is 2.05 bits per heavy atom. The number of methoxy groups -OCH3 is 1. The summed E-state index contributed by atoms with van der Waals surface area (Å²) in [6.07, 6.45) is 1.57. The third-order valence-corrected chi connectivity index (χ3v) is 4.43. The molecule has 2 aromatic rings. The summed E-state index contributed by atoms with van der Waals surface area (Å²) < 4.78 is 32.0. The van der Waals surface area contributed by atoms with Gasteiger partial charge in [0.05, 0.1) is 12.0 Å². The molecule has 0 aliphatic heterocycles. The van der Waals surface area contributed by atoms with Crippen molar-refractivity contribution in [2.24, 2.45) is 0 Å². The molecule has 7 heteroatoms. The second kappa shape index (κ2) is 6.11. The third kappa shape index (κ3) is 3.71. The van der Waals surface area contributed by atoms with Gasteiger partial charge in [0.15, 0.2) is 0 Å². The number of nitrogens with zero attached hydrogens (tertiary/aromatic N) is 1. The van der Waals surface area contributed by atoms with Gasteiger partial charge in [-0.25, -0.2) is 18.1 Å². The van der Waals surface area contributed by atoms with Crippen LogP contribution in [0, 0.1) is 6.92 Å². The fourth-order valence-electron chi connectivity index (χ4n) is 1.75. The number of rotatable bonds is 5. The van der Waals surface area contributed by atoms with Crippen molar-refractivity contribution in [3.8, 4) is 5.88 Å². The summed E-state index contributed by atoms with van der Waals surface area (Å²) >= 11 is 0. The lowest BCUT2D eigenvalue weighted by Crippen LogP contribution is -2.23. The maximum atomic E-state index is 12.2. The van der Waals surface area contributed by atoms with E-state index in [4.69, 9.17) is 10.5 Å². The first-order valence-electron chi connectivity index (χ1n) is 6.27. The molecule has 1 heterocycles. The summed E-state index contributed by atoms with van der Waals surface area (Å²) in [6.45, 7) is 1.92. The molecule has 1 aromatic heterocycles. The Hall–Kier alpha value is -2.12. The van der Waals surface area contributed by atoms with Crippen LogP contribution >= 0.6 is 0 Å². The summed E-state index contributed by atoms with van der Waals surface area (Å²) in [5, 5.41) is 0. The molecule has 0 aliphatic carbocycles. The van der Waals surface area contributed by atoms with Gasteiger partial charge in [-0.3, -0.25) is 0 Å². The van der Waals surface area contributed by atoms with E-state index in [0.717, 1.165) is 11.1 Å². The zero-order valence-corrected chi connectivity index (χ0v) is 12.6. The van der Waals surface area contributed by atoms with E-state index in [-0.39, 0.29) is 11.4 Å². The highest BCUT2D eigenvalue weighted by Gasteiger charge is 2.14. The lowest BCUT2D eigenvalue weighted by molar-refractivity contribution is 0.397. The minimum Gasteiger partial charge on any atom is -0.481 e. The van der Waals surface area contributed by atoms with Crippen LogP contribution in [0.2, 0.25) is 0 Å². The number of nitrogen functional groups attached to an aromatic ring is 1. The number of hydrogen-bond donors (Lipinski definition) is 2. The van der Waals surface area contributed by atoms with E-state index in [1.807, 2.05) is 0 Å². The molecular weight excluding hydrogens is 290 g/mol. The molecule has 0 aliphatic rings. The number of ether oxygens (including phenoxy) is 1. The van der Waals surface area contributed by atoms with Gasteiger partial charge >= 0.3 is 0 Å². The number of nitrogens with two attached hydrogens (primary N) is 1. The van der Waals surface area contributed by atoms with Crippen molar-refractivity contribution in [3.63, 3.8) is 0 Å². The highest BCUT2D eigenvalue weighted by Crippen LogP contribution is 2.17. The Bertz CT molecular complexity index is 745. The van der Waals surface area contributed by atoms with Crippen LogP contribution < -0.4 is 15.2 Å². The van der Waals surface area contributed by atoms with Crippen molar-refractivity contribution < 1.29 is 13.2 Å². The van der Waals surface area contributed by atoms with Crippen LogP contribution in [0.1, 0.15) is 11.1 Å². The molecular formula is C14H17N3O3S. The normalized spacial score (nSPS) is 11.3. The van der Waals surface area contributed by atoms with Crippen LogP contribution in [0.25, 0.3) is 0 Å². The maximum absolute atomic E-state index is 12.2. The number of nitrogens with one attached hydrogen (secondary N) is 1. The highest BCUT2D eigenvalue weighted by atomic mass is 32.2. The molecule has 21 heavy (non-hydrogen) atoms. The highest BCUT2D eigenvalue weighted by molar-refractivity contribution is 7.89. The van der Waals surface area contributed by atoms with E-state index < -0.39 is 10.0 Å². The quantitative estimate of drug-likeness (QED) is 0.816. The van der Waals surface area contributed by atoms with E-state index in [1.165, 1.54) is 13.2 Å². The Morgan fingerprint density at radius 3 is 2.71 bits per heavy atom. The first kappa shape index (κ1) is 15.3. The molecule has 0 saturated carbocycles. The van der Waals surface area contributed by atoms with Crippen LogP contribution in [0.15, 0.2) is 41.4 Å². The first-order valence-corrected chi connectivity index (χ1v) is 7.75. The van der Waals surface area contributed by atoms with Gasteiger partial charge < -0.3 is 10.5 Å². The third-order valence-electron chi connectivity index (χ3n) is 3.03. The largest absolute Gasteiger partial charge is 0.481 e. The van der Waals surface area contributed by atoms with Crippen molar-refractivity contribution >= 4 is 15.7 Å². The van der Waals surface area contributed by atoms with Crippen molar-refractivity contribution in [2.75, 3.05) is 12.8 Å².